The van der Waals surface area contributed by atoms with Crippen LogP contribution in [0.1, 0.15) is 90.3 Å². The number of benzene rings is 1. The third kappa shape index (κ3) is 6.33. The van der Waals surface area contributed by atoms with Crippen molar-refractivity contribution in [2.45, 2.75) is 96.9 Å². The van der Waals surface area contributed by atoms with Gasteiger partial charge in [-0.2, -0.15) is 9.97 Å². The van der Waals surface area contributed by atoms with E-state index in [0.29, 0.717) is 30.7 Å². The number of methoxy groups -OCH3 is 1. The maximum Gasteiger partial charge on any atom is 0.407 e. The largest absolute Gasteiger partial charge is 0.495 e. The minimum Gasteiger partial charge on any atom is -0.495 e. The molecule has 11 nitrogen and oxygen atoms in total. The molecule has 1 saturated carbocycles. The van der Waals surface area contributed by atoms with Crippen LogP contribution in [-0.2, 0) is 4.74 Å². The minimum atomic E-state index is -0.886. The summed E-state index contributed by atoms with van der Waals surface area (Å²) in [5.74, 6) is 1.85. The summed E-state index contributed by atoms with van der Waals surface area (Å²) in [6, 6.07) is 6.26. The Morgan fingerprint density at radius 3 is 2.59 bits per heavy atom. The van der Waals surface area contributed by atoms with Crippen LogP contribution in [0.25, 0.3) is 16.7 Å². The lowest BCUT2D eigenvalue weighted by Crippen LogP contribution is -2.48. The van der Waals surface area contributed by atoms with Crippen LogP contribution in [0.4, 0.5) is 22.2 Å². The first-order chi connectivity index (χ1) is 21.2. The van der Waals surface area contributed by atoms with Gasteiger partial charge < -0.3 is 30.1 Å². The lowest BCUT2D eigenvalue weighted by Gasteiger charge is -2.41. The van der Waals surface area contributed by atoms with Gasteiger partial charge in [-0.15, -0.1) is 0 Å². The fourth-order valence-corrected chi connectivity index (χ4v) is 6.74. The zero-order valence-electron chi connectivity index (χ0n) is 26.3. The van der Waals surface area contributed by atoms with Crippen molar-refractivity contribution in [1.82, 2.24) is 24.4 Å². The minimum absolute atomic E-state index is 0.0920. The predicted molar refractivity (Wildman–Crippen MR) is 172 cm³/mol. The van der Waals surface area contributed by atoms with Crippen molar-refractivity contribution in [3.05, 3.63) is 36.2 Å². The van der Waals surface area contributed by atoms with E-state index in [1.165, 1.54) is 24.2 Å². The van der Waals surface area contributed by atoms with Crippen LogP contribution < -0.4 is 15.4 Å². The van der Waals surface area contributed by atoms with Crippen LogP contribution in [0.5, 0.6) is 5.75 Å². The van der Waals surface area contributed by atoms with Crippen LogP contribution in [0.3, 0.4) is 0 Å². The summed E-state index contributed by atoms with van der Waals surface area (Å²) in [5.41, 5.74) is 4.17. The molecule has 2 fully saturated rings. The molecule has 2 aromatic heterocycles. The van der Waals surface area contributed by atoms with E-state index in [1.54, 1.807) is 7.11 Å². The SMILES string of the molecule is COc1cc(C2=CCN(C(=O)O)C(C(C)(C)C)C2)ccc1Nc1nc(NC2CCCCC2)c2ncn(C3CCCCO3)c2n1. The van der Waals surface area contributed by atoms with Gasteiger partial charge >= 0.3 is 6.09 Å². The first kappa shape index (κ1) is 30.2. The number of hydrogen-bond acceptors (Lipinski definition) is 8. The third-order valence-corrected chi connectivity index (χ3v) is 9.22. The van der Waals surface area contributed by atoms with E-state index in [-0.39, 0.29) is 17.7 Å². The van der Waals surface area contributed by atoms with Crippen molar-refractivity contribution in [2.24, 2.45) is 5.41 Å². The third-order valence-electron chi connectivity index (χ3n) is 9.22. The Morgan fingerprint density at radius 1 is 1.09 bits per heavy atom. The molecule has 2 aliphatic heterocycles. The van der Waals surface area contributed by atoms with E-state index in [4.69, 9.17) is 24.4 Å². The zero-order chi connectivity index (χ0) is 30.8. The monoisotopic (exact) mass is 603 g/mol. The zero-order valence-corrected chi connectivity index (χ0v) is 26.3. The first-order valence-electron chi connectivity index (χ1n) is 16.0. The summed E-state index contributed by atoms with van der Waals surface area (Å²) in [5, 5.41) is 16.9. The number of nitrogens with zero attached hydrogens (tertiary/aromatic N) is 5. The Balaban J connectivity index is 1.31. The van der Waals surface area contributed by atoms with Gasteiger partial charge in [0.05, 0.1) is 19.1 Å². The van der Waals surface area contributed by atoms with E-state index < -0.39 is 6.09 Å². The second-order valence-corrected chi connectivity index (χ2v) is 13.3. The molecule has 236 valence electrons. The number of carboxylic acid groups (broad SMARTS) is 1. The van der Waals surface area contributed by atoms with E-state index in [1.807, 2.05) is 35.2 Å². The molecular weight excluding hydrogens is 558 g/mol. The van der Waals surface area contributed by atoms with Gasteiger partial charge in [-0.25, -0.2) is 9.78 Å². The van der Waals surface area contributed by atoms with Crippen LogP contribution in [0.15, 0.2) is 30.6 Å². The molecule has 0 bridgehead atoms. The molecule has 1 saturated heterocycles. The molecule has 1 aromatic carbocycles. The van der Waals surface area contributed by atoms with E-state index >= 15 is 0 Å². The standard InChI is InChI=1S/C33H45N7O4/c1-33(2,3)26-19-22(15-16-39(26)32(41)42)21-13-14-24(25(18-21)43-4)36-31-37-29(35-23-10-6-5-7-11-23)28-30(38-31)40(20-34-28)27-12-8-9-17-44-27/h13-15,18,20,23,26-27H,5-12,16-17,19H2,1-4H3,(H,41,42)(H2,35,36,37,38). The highest BCUT2D eigenvalue weighted by Crippen LogP contribution is 2.39. The second kappa shape index (κ2) is 12.6. The summed E-state index contributed by atoms with van der Waals surface area (Å²) in [4.78, 5) is 28.1. The molecule has 0 spiro atoms. The van der Waals surface area contributed by atoms with E-state index in [0.717, 1.165) is 72.5 Å². The van der Waals surface area contributed by atoms with Gasteiger partial charge in [0.15, 0.2) is 17.0 Å². The number of aromatic nitrogens is 4. The van der Waals surface area contributed by atoms with Gasteiger partial charge in [-0.3, -0.25) is 4.57 Å². The van der Waals surface area contributed by atoms with Crippen LogP contribution in [0.2, 0.25) is 0 Å². The Hall–Kier alpha value is -3.86. The van der Waals surface area contributed by atoms with E-state index in [9.17, 15) is 9.90 Å². The summed E-state index contributed by atoms with van der Waals surface area (Å²) >= 11 is 0. The van der Waals surface area contributed by atoms with Gasteiger partial charge in [-0.1, -0.05) is 52.2 Å². The van der Waals surface area contributed by atoms with Gasteiger partial charge in [0, 0.05) is 25.2 Å². The highest BCUT2D eigenvalue weighted by molar-refractivity contribution is 5.85. The molecular formula is C33H45N7O4. The molecule has 6 rings (SSSR count). The smallest absolute Gasteiger partial charge is 0.407 e. The molecule has 4 heterocycles. The lowest BCUT2D eigenvalue weighted by atomic mass is 9.79. The van der Waals surface area contributed by atoms with Crippen LogP contribution in [0, 0.1) is 5.41 Å². The second-order valence-electron chi connectivity index (χ2n) is 13.3. The quantitative estimate of drug-likeness (QED) is 0.257. The van der Waals surface area contributed by atoms with Crippen molar-refractivity contribution in [2.75, 3.05) is 30.9 Å². The van der Waals surface area contributed by atoms with Crippen LogP contribution in [-0.4, -0.2) is 68.0 Å². The van der Waals surface area contributed by atoms with Crippen molar-refractivity contribution in [3.8, 4) is 5.75 Å². The first-order valence-corrected chi connectivity index (χ1v) is 16.0. The highest BCUT2D eigenvalue weighted by Gasteiger charge is 2.36. The van der Waals surface area contributed by atoms with Crippen molar-refractivity contribution >= 4 is 40.3 Å². The lowest BCUT2D eigenvalue weighted by molar-refractivity contribution is -0.0298. The molecule has 3 aliphatic rings. The Bertz CT molecular complexity index is 1520. The number of nitrogens with one attached hydrogen (secondary N) is 2. The van der Waals surface area contributed by atoms with Gasteiger partial charge in [-0.05, 0) is 67.2 Å². The molecule has 1 aliphatic carbocycles. The van der Waals surface area contributed by atoms with Crippen molar-refractivity contribution < 1.29 is 19.4 Å². The molecule has 3 N–H and O–H groups in total. The summed E-state index contributed by atoms with van der Waals surface area (Å²) in [7, 11) is 1.65. The molecule has 44 heavy (non-hydrogen) atoms. The van der Waals surface area contributed by atoms with E-state index in [2.05, 4.69) is 31.4 Å². The summed E-state index contributed by atoms with van der Waals surface area (Å²) in [6.45, 7) is 7.36. The van der Waals surface area contributed by atoms with Crippen molar-refractivity contribution in [1.29, 1.82) is 0 Å². The number of imidazole rings is 1. The average molecular weight is 604 g/mol. The number of anilines is 3. The van der Waals surface area contributed by atoms with Gasteiger partial charge in [0.25, 0.3) is 0 Å². The van der Waals surface area contributed by atoms with Gasteiger partial charge in [0.1, 0.15) is 12.0 Å². The summed E-state index contributed by atoms with van der Waals surface area (Å²) < 4.78 is 14.0. The fourth-order valence-electron chi connectivity index (χ4n) is 6.74. The molecule has 11 heteroatoms. The average Bonchev–Trinajstić information content (AvgIpc) is 3.46. The number of rotatable bonds is 7. The predicted octanol–water partition coefficient (Wildman–Crippen LogP) is 7.20. The van der Waals surface area contributed by atoms with Gasteiger partial charge in [0.2, 0.25) is 5.95 Å². The molecule has 1 amide bonds. The number of carbonyl (C=O) groups is 1. The highest BCUT2D eigenvalue weighted by atomic mass is 16.5. The summed E-state index contributed by atoms with van der Waals surface area (Å²) in [6.07, 6.45) is 12.5. The number of amides is 1. The Morgan fingerprint density at radius 2 is 1.89 bits per heavy atom. The fraction of sp³-hybridized carbons (Fsp3) is 0.576. The maximum atomic E-state index is 11.9. The molecule has 3 aromatic rings. The maximum absolute atomic E-state index is 11.9. The Kier molecular flexibility index (Phi) is 8.66. The normalized spacial score (nSPS) is 21.6. The number of fused-ring (bicyclic) bond motifs is 1. The number of hydrogen-bond donors (Lipinski definition) is 3. The molecule has 2 unspecified atom stereocenters. The Labute approximate surface area is 259 Å². The molecule has 0 radical (unpaired) electrons. The van der Waals surface area contributed by atoms with Crippen molar-refractivity contribution in [3.63, 3.8) is 0 Å². The molecule has 2 atom stereocenters. The van der Waals surface area contributed by atoms with Crippen LogP contribution >= 0.6 is 0 Å². The number of ether oxygens (including phenoxy) is 2. The topological polar surface area (TPSA) is 127 Å².